The van der Waals surface area contributed by atoms with Gasteiger partial charge in [0, 0.05) is 22.6 Å². The van der Waals surface area contributed by atoms with Gasteiger partial charge in [-0.25, -0.2) is 4.39 Å². The number of fused-ring (bicyclic) bond motifs is 1. The average molecular weight is 338 g/mol. The highest BCUT2D eigenvalue weighted by Gasteiger charge is 2.27. The zero-order valence-corrected chi connectivity index (χ0v) is 12.5. The molecule has 2 aliphatic heterocycles. The summed E-state index contributed by atoms with van der Waals surface area (Å²) in [6.07, 6.45) is -0.516. The zero-order chi connectivity index (χ0) is 24.3. The number of benzene rings is 2. The van der Waals surface area contributed by atoms with Gasteiger partial charge in [0.2, 0.25) is 6.75 Å². The lowest BCUT2D eigenvalue weighted by molar-refractivity contribution is 0.173. The number of hydrogen-bond acceptors (Lipinski definition) is 4. The minimum absolute atomic E-state index is 0.0828. The van der Waals surface area contributed by atoms with Crippen LogP contribution in [0.3, 0.4) is 0 Å². The molecule has 4 nitrogen and oxygen atoms in total. The summed E-state index contributed by atoms with van der Waals surface area (Å²) in [6, 6.07) is 1.06. The first-order valence-electron chi connectivity index (χ1n) is 11.9. The maximum atomic E-state index is 14.1. The minimum Gasteiger partial charge on any atom is -0.493 e. The van der Waals surface area contributed by atoms with Crippen LogP contribution in [0.1, 0.15) is 30.2 Å². The maximum Gasteiger partial charge on any atom is 0.231 e. The van der Waals surface area contributed by atoms with Crippen LogP contribution in [-0.4, -0.2) is 26.4 Å². The van der Waals surface area contributed by atoms with Gasteiger partial charge in [0.15, 0.2) is 11.5 Å². The summed E-state index contributed by atoms with van der Waals surface area (Å²) in [5.41, 5.74) is -0.392. The number of halogens is 1. The number of rotatable bonds is 4. The van der Waals surface area contributed by atoms with Gasteiger partial charge in [0.05, 0.1) is 12.1 Å². The highest BCUT2D eigenvalue weighted by Crippen LogP contribution is 2.36. The summed E-state index contributed by atoms with van der Waals surface area (Å²) in [7, 11) is 0. The highest BCUT2D eigenvalue weighted by molar-refractivity contribution is 5.46. The van der Waals surface area contributed by atoms with Gasteiger partial charge in [-0.05, 0) is 48.6 Å². The molecule has 1 N–H and O–H groups in total. The van der Waals surface area contributed by atoms with Crippen molar-refractivity contribution in [1.29, 1.82) is 0 Å². The fraction of sp³-hybridized carbons (Fsp3) is 0.368. The third-order valence-electron chi connectivity index (χ3n) is 3.83. The van der Waals surface area contributed by atoms with E-state index in [0.29, 0.717) is 0 Å². The molecule has 2 aromatic carbocycles. The molecule has 5 heteroatoms. The lowest BCUT2D eigenvalue weighted by atomic mass is 9.81. The molecule has 2 aliphatic rings. The van der Waals surface area contributed by atoms with Crippen LogP contribution in [0.25, 0.3) is 0 Å². The van der Waals surface area contributed by atoms with Gasteiger partial charge in [-0.1, -0.05) is 12.1 Å². The Bertz CT molecular complexity index is 1090. The zero-order valence-electron chi connectivity index (χ0n) is 21.5. The van der Waals surface area contributed by atoms with Crippen LogP contribution in [0.4, 0.5) is 4.39 Å². The molecule has 4 rings (SSSR count). The second-order valence-corrected chi connectivity index (χ2v) is 5.35. The average Bonchev–Trinajstić information content (AvgIpc) is 3.02. The molecule has 2 aromatic rings. The minimum atomic E-state index is -2.31. The van der Waals surface area contributed by atoms with Crippen molar-refractivity contribution in [3.63, 3.8) is 0 Å². The van der Waals surface area contributed by atoms with Crippen LogP contribution >= 0.6 is 0 Å². The van der Waals surface area contributed by atoms with E-state index >= 15 is 0 Å². The van der Waals surface area contributed by atoms with Gasteiger partial charge in [-0.3, -0.25) is 0 Å². The van der Waals surface area contributed by atoms with Crippen LogP contribution < -0.4 is 19.5 Å². The molecule has 126 valence electrons. The van der Waals surface area contributed by atoms with E-state index < -0.39 is 67.0 Å². The van der Waals surface area contributed by atoms with Crippen molar-refractivity contribution in [1.82, 2.24) is 5.32 Å². The summed E-state index contributed by atoms with van der Waals surface area (Å²) in [5, 5.41) is 2.65. The van der Waals surface area contributed by atoms with Gasteiger partial charge in [-0.15, -0.1) is 0 Å². The Labute approximate surface area is 153 Å². The summed E-state index contributed by atoms with van der Waals surface area (Å²) in [4.78, 5) is 0. The van der Waals surface area contributed by atoms with E-state index in [2.05, 4.69) is 5.32 Å². The quantitative estimate of drug-likeness (QED) is 0.928. The molecule has 0 aliphatic carbocycles. The van der Waals surface area contributed by atoms with E-state index in [-0.39, 0.29) is 30.4 Å². The fourth-order valence-electron chi connectivity index (χ4n) is 2.58. The molecule has 0 aromatic heterocycles. The lowest BCUT2D eigenvalue weighted by Gasteiger charge is -2.32. The molecule has 0 radical (unpaired) electrons. The summed E-state index contributed by atoms with van der Waals surface area (Å²) in [5.74, 6) is -3.58. The third kappa shape index (κ3) is 3.17. The highest BCUT2D eigenvalue weighted by atomic mass is 19.1. The Morgan fingerprint density at radius 3 is 3.00 bits per heavy atom. The van der Waals surface area contributed by atoms with Crippen LogP contribution in [0.15, 0.2) is 42.4 Å². The lowest BCUT2D eigenvalue weighted by Crippen LogP contribution is -2.38. The monoisotopic (exact) mass is 338 g/mol. The SMILES string of the molecule is [2H]c1c([2H])c([C@]2([2H])CC([2H])([2H])NCC2COc2ccc3c(c2)OC([2H])([2H])O3)c([2H])c([2H])c1F. The second kappa shape index (κ2) is 6.69. The Kier molecular flexibility index (Phi) is 2.29. The standard InChI is InChI=1S/C19H20FNO3/c20-15-3-1-13(2-4-15)17-7-8-21-10-14(17)11-22-16-5-6-18-19(9-16)24-12-23-18/h1-6,9,14,17,21H,7-8,10-12H2/t14?,17-/m0/s1/i1D,2D,3D,4D,8D2,12D2,17D. The van der Waals surface area contributed by atoms with Crippen LogP contribution in [0.2, 0.25) is 0 Å². The smallest absolute Gasteiger partial charge is 0.231 e. The summed E-state index contributed by atoms with van der Waals surface area (Å²) in [6.45, 7) is -4.62. The molecule has 0 spiro atoms. The van der Waals surface area contributed by atoms with E-state index in [1.54, 1.807) is 0 Å². The topological polar surface area (TPSA) is 39.7 Å². The molecule has 1 unspecified atom stereocenters. The number of ether oxygens (including phenoxy) is 3. The first-order chi connectivity index (χ1) is 15.2. The Morgan fingerprint density at radius 2 is 2.12 bits per heavy atom. The number of nitrogens with one attached hydrogen (secondary N) is 1. The van der Waals surface area contributed by atoms with Crippen molar-refractivity contribution >= 4 is 0 Å². The largest absolute Gasteiger partial charge is 0.493 e. The fourth-order valence-corrected chi connectivity index (χ4v) is 2.58. The van der Waals surface area contributed by atoms with Crippen molar-refractivity contribution in [2.24, 2.45) is 5.92 Å². The normalized spacial score (nSPS) is 35.0. The summed E-state index contributed by atoms with van der Waals surface area (Å²) >= 11 is 0. The van der Waals surface area contributed by atoms with Crippen LogP contribution in [-0.2, 0) is 0 Å². The third-order valence-corrected chi connectivity index (χ3v) is 3.83. The van der Waals surface area contributed by atoms with Crippen molar-refractivity contribution in [3.8, 4) is 17.2 Å². The van der Waals surface area contributed by atoms with Crippen LogP contribution in [0, 0.1) is 11.7 Å². The van der Waals surface area contributed by atoms with Gasteiger partial charge < -0.3 is 19.5 Å². The molecule has 2 atom stereocenters. The Balaban J connectivity index is 1.66. The predicted molar refractivity (Wildman–Crippen MR) is 88.2 cm³/mol. The molecule has 24 heavy (non-hydrogen) atoms. The van der Waals surface area contributed by atoms with Crippen molar-refractivity contribution in [3.05, 3.63) is 53.7 Å². The number of hydrogen-bond donors (Lipinski definition) is 1. The molecule has 1 fully saturated rings. The first-order valence-corrected chi connectivity index (χ1v) is 7.40. The molecule has 0 bridgehead atoms. The van der Waals surface area contributed by atoms with E-state index in [0.717, 1.165) is 0 Å². The molecular formula is C19H20FNO3. The van der Waals surface area contributed by atoms with Crippen molar-refractivity contribution in [2.45, 2.75) is 12.3 Å². The second-order valence-electron chi connectivity index (χ2n) is 5.35. The van der Waals surface area contributed by atoms with Gasteiger partial charge >= 0.3 is 0 Å². The molecule has 2 heterocycles. The molecule has 1 saturated heterocycles. The van der Waals surface area contributed by atoms with Crippen molar-refractivity contribution in [2.75, 3.05) is 26.4 Å². The Hall–Kier alpha value is -2.27. The van der Waals surface area contributed by atoms with Gasteiger partial charge in [0.1, 0.15) is 14.3 Å². The molecular weight excluding hydrogens is 309 g/mol. The van der Waals surface area contributed by atoms with Gasteiger partial charge in [0.25, 0.3) is 0 Å². The predicted octanol–water partition coefficient (Wildman–Crippen LogP) is 3.33. The van der Waals surface area contributed by atoms with Gasteiger partial charge in [-0.2, -0.15) is 0 Å². The van der Waals surface area contributed by atoms with E-state index in [1.165, 1.54) is 18.2 Å². The van der Waals surface area contributed by atoms with Crippen molar-refractivity contribution < 1.29 is 30.9 Å². The maximum absolute atomic E-state index is 14.1. The first kappa shape index (κ1) is 8.21. The van der Waals surface area contributed by atoms with E-state index in [4.69, 9.17) is 26.5 Å². The van der Waals surface area contributed by atoms with E-state index in [9.17, 15) is 4.39 Å². The number of piperidine rings is 1. The molecule has 0 saturated carbocycles. The molecule has 0 amide bonds. The Morgan fingerprint density at radius 1 is 1.29 bits per heavy atom. The van der Waals surface area contributed by atoms with E-state index in [1.807, 2.05) is 0 Å². The van der Waals surface area contributed by atoms with Crippen LogP contribution in [0.5, 0.6) is 17.2 Å². The summed E-state index contributed by atoms with van der Waals surface area (Å²) < 4.78 is 102.